The molecule has 1 amide bonds. The van der Waals surface area contributed by atoms with Gasteiger partial charge in [0.15, 0.2) is 0 Å². The molecule has 2 N–H and O–H groups in total. The first-order valence-electron chi connectivity index (χ1n) is 8.69. The highest BCUT2D eigenvalue weighted by Crippen LogP contribution is 2.42. The summed E-state index contributed by atoms with van der Waals surface area (Å²) in [5, 5.41) is 21.1. The lowest BCUT2D eigenvalue weighted by atomic mass is 9.69. The molecule has 2 fully saturated rings. The topological polar surface area (TPSA) is 60.8 Å². The smallest absolute Gasteiger partial charge is 0.253 e. The molecule has 0 unspecified atom stereocenters. The van der Waals surface area contributed by atoms with Gasteiger partial charge < -0.3 is 15.1 Å². The Morgan fingerprint density at radius 3 is 2.17 bits per heavy atom. The zero-order chi connectivity index (χ0) is 16.5. The van der Waals surface area contributed by atoms with E-state index in [0.717, 1.165) is 25.7 Å². The second kappa shape index (κ2) is 6.25. The second-order valence-corrected chi connectivity index (χ2v) is 7.53. The summed E-state index contributed by atoms with van der Waals surface area (Å²) in [6.45, 7) is 3.10. The van der Waals surface area contributed by atoms with Crippen LogP contribution in [0.15, 0.2) is 30.3 Å². The van der Waals surface area contributed by atoms with Crippen molar-refractivity contribution in [2.45, 2.75) is 56.7 Å². The maximum Gasteiger partial charge on any atom is 0.253 e. The Morgan fingerprint density at radius 2 is 1.61 bits per heavy atom. The lowest BCUT2D eigenvalue weighted by Crippen LogP contribution is -2.52. The number of carbonyl (C=O) groups is 1. The summed E-state index contributed by atoms with van der Waals surface area (Å²) < 4.78 is 0. The lowest BCUT2D eigenvalue weighted by molar-refractivity contribution is -0.0954. The molecule has 3 rings (SSSR count). The van der Waals surface area contributed by atoms with Gasteiger partial charge >= 0.3 is 0 Å². The number of benzene rings is 1. The van der Waals surface area contributed by atoms with Gasteiger partial charge in [0.2, 0.25) is 0 Å². The van der Waals surface area contributed by atoms with Crippen LogP contribution in [-0.2, 0) is 0 Å². The van der Waals surface area contributed by atoms with E-state index < -0.39 is 11.2 Å². The van der Waals surface area contributed by atoms with Gasteiger partial charge in [-0.15, -0.1) is 0 Å². The predicted molar refractivity (Wildman–Crippen MR) is 89.1 cm³/mol. The average molecular weight is 317 g/mol. The molecule has 0 atom stereocenters. The van der Waals surface area contributed by atoms with Crippen molar-refractivity contribution in [1.82, 2.24) is 4.90 Å². The van der Waals surface area contributed by atoms with E-state index in [1.54, 1.807) is 0 Å². The Morgan fingerprint density at radius 1 is 1.04 bits per heavy atom. The molecule has 4 heteroatoms. The average Bonchev–Trinajstić information content (AvgIpc) is 2.55. The van der Waals surface area contributed by atoms with Crippen LogP contribution < -0.4 is 0 Å². The number of nitrogens with zero attached hydrogens (tertiary/aromatic N) is 1. The summed E-state index contributed by atoms with van der Waals surface area (Å²) in [4.78, 5) is 14.3. The maximum absolute atomic E-state index is 12.5. The van der Waals surface area contributed by atoms with Crippen LogP contribution >= 0.6 is 0 Å². The molecule has 0 aromatic heterocycles. The number of hydrogen-bond donors (Lipinski definition) is 2. The molecular weight excluding hydrogens is 290 g/mol. The summed E-state index contributed by atoms with van der Waals surface area (Å²) in [6.07, 6.45) is 4.53. The van der Waals surface area contributed by atoms with E-state index in [1.807, 2.05) is 42.2 Å². The van der Waals surface area contributed by atoms with Gasteiger partial charge in [-0.2, -0.15) is 0 Å². The van der Waals surface area contributed by atoms with Crippen molar-refractivity contribution in [2.24, 2.45) is 5.92 Å². The third-order valence-electron chi connectivity index (χ3n) is 5.76. The molecule has 4 nitrogen and oxygen atoms in total. The summed E-state index contributed by atoms with van der Waals surface area (Å²) >= 11 is 0. The molecule has 1 heterocycles. The number of carbonyl (C=O) groups excluding carboxylic acids is 1. The first kappa shape index (κ1) is 16.5. The minimum absolute atomic E-state index is 0.0548. The van der Waals surface area contributed by atoms with Gasteiger partial charge in [0.1, 0.15) is 0 Å². The maximum atomic E-state index is 12.5. The Balaban J connectivity index is 1.58. The number of amides is 1. The third-order valence-corrected chi connectivity index (χ3v) is 5.76. The van der Waals surface area contributed by atoms with Gasteiger partial charge in [0.05, 0.1) is 11.2 Å². The molecule has 1 aromatic rings. The van der Waals surface area contributed by atoms with Crippen molar-refractivity contribution in [2.75, 3.05) is 13.1 Å². The van der Waals surface area contributed by atoms with Crippen molar-refractivity contribution in [3.63, 3.8) is 0 Å². The van der Waals surface area contributed by atoms with Gasteiger partial charge in [-0.1, -0.05) is 18.2 Å². The predicted octanol–water partition coefficient (Wildman–Crippen LogP) is 2.59. The van der Waals surface area contributed by atoms with E-state index in [9.17, 15) is 15.0 Å². The number of rotatable bonds is 2. The number of piperidine rings is 1. The minimum atomic E-state index is -0.677. The molecule has 1 aliphatic carbocycles. The molecule has 0 spiro atoms. The monoisotopic (exact) mass is 317 g/mol. The number of hydrogen-bond acceptors (Lipinski definition) is 3. The Bertz CT molecular complexity index is 537. The van der Waals surface area contributed by atoms with E-state index in [4.69, 9.17) is 0 Å². The van der Waals surface area contributed by atoms with E-state index in [1.165, 1.54) is 0 Å². The van der Waals surface area contributed by atoms with Gasteiger partial charge in [-0.3, -0.25) is 4.79 Å². The molecule has 2 aliphatic rings. The number of aliphatic hydroxyl groups is 2. The van der Waals surface area contributed by atoms with Gasteiger partial charge in [0.25, 0.3) is 5.91 Å². The van der Waals surface area contributed by atoms with Crippen LogP contribution in [0.5, 0.6) is 0 Å². The highest BCUT2D eigenvalue weighted by atomic mass is 16.3. The highest BCUT2D eigenvalue weighted by molar-refractivity contribution is 5.94. The number of likely N-dealkylation sites (tertiary alicyclic amines) is 1. The molecule has 0 radical (unpaired) electrons. The van der Waals surface area contributed by atoms with Crippen molar-refractivity contribution in [1.29, 1.82) is 0 Å². The quantitative estimate of drug-likeness (QED) is 0.881. The first-order chi connectivity index (χ1) is 10.9. The normalized spacial score (nSPS) is 30.9. The lowest BCUT2D eigenvalue weighted by Gasteiger charge is -2.46. The fourth-order valence-corrected chi connectivity index (χ4v) is 4.05. The molecule has 126 valence electrons. The van der Waals surface area contributed by atoms with Crippen LogP contribution in [0.2, 0.25) is 0 Å². The molecule has 23 heavy (non-hydrogen) atoms. The van der Waals surface area contributed by atoms with Crippen LogP contribution in [0.25, 0.3) is 0 Å². The standard InChI is InChI=1S/C19H27NO3/c1-18(22)9-7-16(8-10-18)19(23)11-13-20(14-12-19)17(21)15-5-3-2-4-6-15/h2-6,16,22-23H,7-14H2,1H3. The third kappa shape index (κ3) is 3.59. The van der Waals surface area contributed by atoms with E-state index in [0.29, 0.717) is 31.5 Å². The van der Waals surface area contributed by atoms with E-state index >= 15 is 0 Å². The van der Waals surface area contributed by atoms with Crippen LogP contribution in [-0.4, -0.2) is 45.3 Å². The fourth-order valence-electron chi connectivity index (χ4n) is 4.05. The SMILES string of the molecule is CC1(O)CCC(C2(O)CCN(C(=O)c3ccccc3)CC2)CC1. The summed E-state index contributed by atoms with van der Waals surface area (Å²) in [7, 11) is 0. The molecule has 1 saturated carbocycles. The van der Waals surface area contributed by atoms with E-state index in [-0.39, 0.29) is 11.8 Å². The van der Waals surface area contributed by atoms with Crippen molar-refractivity contribution >= 4 is 5.91 Å². The fraction of sp³-hybridized carbons (Fsp3) is 0.632. The largest absolute Gasteiger partial charge is 0.390 e. The van der Waals surface area contributed by atoms with E-state index in [2.05, 4.69) is 0 Å². The molecule has 1 saturated heterocycles. The Hall–Kier alpha value is -1.39. The van der Waals surface area contributed by atoms with Crippen molar-refractivity contribution in [3.8, 4) is 0 Å². The van der Waals surface area contributed by atoms with Crippen LogP contribution in [0.1, 0.15) is 55.8 Å². The molecule has 0 bridgehead atoms. The van der Waals surface area contributed by atoms with Gasteiger partial charge in [-0.05, 0) is 63.5 Å². The zero-order valence-corrected chi connectivity index (χ0v) is 13.9. The van der Waals surface area contributed by atoms with Gasteiger partial charge in [0, 0.05) is 18.7 Å². The minimum Gasteiger partial charge on any atom is -0.390 e. The first-order valence-corrected chi connectivity index (χ1v) is 8.69. The van der Waals surface area contributed by atoms with Gasteiger partial charge in [-0.25, -0.2) is 0 Å². The Labute approximate surface area is 138 Å². The second-order valence-electron chi connectivity index (χ2n) is 7.53. The highest BCUT2D eigenvalue weighted by Gasteiger charge is 2.43. The van der Waals surface area contributed by atoms with Crippen molar-refractivity contribution < 1.29 is 15.0 Å². The van der Waals surface area contributed by atoms with Crippen LogP contribution in [0.4, 0.5) is 0 Å². The Kier molecular flexibility index (Phi) is 4.47. The molecular formula is C19H27NO3. The summed E-state index contributed by atoms with van der Waals surface area (Å²) in [6, 6.07) is 9.34. The molecule has 1 aromatic carbocycles. The van der Waals surface area contributed by atoms with Crippen LogP contribution in [0, 0.1) is 5.92 Å². The van der Waals surface area contributed by atoms with Crippen LogP contribution in [0.3, 0.4) is 0 Å². The summed E-state index contributed by atoms with van der Waals surface area (Å²) in [5.41, 5.74) is -0.535. The van der Waals surface area contributed by atoms with Crippen molar-refractivity contribution in [3.05, 3.63) is 35.9 Å². The summed E-state index contributed by atoms with van der Waals surface area (Å²) in [5.74, 6) is 0.302. The molecule has 1 aliphatic heterocycles. The zero-order valence-electron chi connectivity index (χ0n) is 13.9.